The summed E-state index contributed by atoms with van der Waals surface area (Å²) in [4.78, 5) is 10.6. The number of carboxylic acids is 1. The molecule has 1 rings (SSSR count). The van der Waals surface area contributed by atoms with Crippen LogP contribution in [0.4, 0.5) is 4.39 Å². The van der Waals surface area contributed by atoms with E-state index in [9.17, 15) is 9.18 Å². The van der Waals surface area contributed by atoms with Crippen molar-refractivity contribution in [3.05, 3.63) is 30.1 Å². The van der Waals surface area contributed by atoms with E-state index in [1.165, 1.54) is 25.2 Å². The molecule has 1 unspecified atom stereocenters. The second-order valence-corrected chi connectivity index (χ2v) is 2.95. The zero-order chi connectivity index (χ0) is 11.3. The van der Waals surface area contributed by atoms with Crippen LogP contribution in [0.3, 0.4) is 0 Å². The van der Waals surface area contributed by atoms with Gasteiger partial charge >= 0.3 is 5.97 Å². The molecule has 1 atom stereocenters. The van der Waals surface area contributed by atoms with Gasteiger partial charge in [-0.25, -0.2) is 4.39 Å². The fourth-order valence-electron chi connectivity index (χ4n) is 1.01. The zero-order valence-electron chi connectivity index (χ0n) is 8.24. The van der Waals surface area contributed by atoms with Gasteiger partial charge in [-0.2, -0.15) is 0 Å². The molecule has 0 saturated heterocycles. The van der Waals surface area contributed by atoms with Gasteiger partial charge in [-0.1, -0.05) is 6.07 Å². The number of likely N-dealkylation sites (N-methyl/N-ethyl adjacent to an activating group) is 1. The monoisotopic (exact) mass is 213 g/mol. The lowest BCUT2D eigenvalue weighted by molar-refractivity contribution is -0.140. The fourth-order valence-corrected chi connectivity index (χ4v) is 1.01. The predicted molar refractivity (Wildman–Crippen MR) is 52.4 cm³/mol. The first-order chi connectivity index (χ1) is 7.13. The molecule has 4 nitrogen and oxygen atoms in total. The molecule has 15 heavy (non-hydrogen) atoms. The molecule has 0 radical (unpaired) electrons. The van der Waals surface area contributed by atoms with Gasteiger partial charge in [-0.05, 0) is 19.2 Å². The van der Waals surface area contributed by atoms with Crippen LogP contribution >= 0.6 is 0 Å². The van der Waals surface area contributed by atoms with Crippen molar-refractivity contribution in [2.24, 2.45) is 0 Å². The third-order valence-corrected chi connectivity index (χ3v) is 1.86. The molecular formula is C10H12FNO3. The highest BCUT2D eigenvalue weighted by Gasteiger charge is 2.15. The van der Waals surface area contributed by atoms with Gasteiger partial charge in [-0.3, -0.25) is 4.79 Å². The van der Waals surface area contributed by atoms with Crippen LogP contribution in [-0.4, -0.2) is 30.8 Å². The second-order valence-electron chi connectivity index (χ2n) is 2.95. The van der Waals surface area contributed by atoms with Gasteiger partial charge in [0.05, 0.1) is 0 Å². The molecule has 2 N–H and O–H groups in total. The van der Waals surface area contributed by atoms with Gasteiger partial charge in [0.2, 0.25) is 0 Å². The van der Waals surface area contributed by atoms with Gasteiger partial charge in [0.15, 0.2) is 0 Å². The molecule has 0 amide bonds. The maximum Gasteiger partial charge on any atom is 0.324 e. The fraction of sp³-hybridized carbons (Fsp3) is 0.300. The average molecular weight is 213 g/mol. The second kappa shape index (κ2) is 5.31. The highest BCUT2D eigenvalue weighted by atomic mass is 19.1. The molecule has 0 heterocycles. The molecule has 0 aliphatic carbocycles. The third-order valence-electron chi connectivity index (χ3n) is 1.86. The molecule has 0 fully saturated rings. The lowest BCUT2D eigenvalue weighted by Gasteiger charge is -2.12. The molecule has 1 aromatic carbocycles. The number of rotatable bonds is 5. The van der Waals surface area contributed by atoms with E-state index in [0.29, 0.717) is 5.75 Å². The number of ether oxygens (including phenoxy) is 1. The van der Waals surface area contributed by atoms with Crippen molar-refractivity contribution in [2.45, 2.75) is 6.04 Å². The number of hydrogen-bond acceptors (Lipinski definition) is 3. The van der Waals surface area contributed by atoms with Gasteiger partial charge in [0.1, 0.15) is 24.2 Å². The summed E-state index contributed by atoms with van der Waals surface area (Å²) in [6.07, 6.45) is 0. The minimum absolute atomic E-state index is 0.0463. The van der Waals surface area contributed by atoms with Crippen LogP contribution in [0.25, 0.3) is 0 Å². The first kappa shape index (κ1) is 11.5. The number of hydrogen-bond donors (Lipinski definition) is 2. The van der Waals surface area contributed by atoms with Gasteiger partial charge in [-0.15, -0.1) is 0 Å². The summed E-state index contributed by atoms with van der Waals surface area (Å²) in [6, 6.07) is 4.76. The van der Waals surface area contributed by atoms with Gasteiger partial charge < -0.3 is 15.2 Å². The SMILES string of the molecule is CNC(COc1cccc(F)c1)C(=O)O. The number of carboxylic acid groups (broad SMARTS) is 1. The molecule has 0 aromatic heterocycles. The largest absolute Gasteiger partial charge is 0.491 e. The zero-order valence-corrected chi connectivity index (χ0v) is 8.24. The Morgan fingerprint density at radius 1 is 1.67 bits per heavy atom. The van der Waals surface area contributed by atoms with Crippen molar-refractivity contribution < 1.29 is 19.0 Å². The summed E-state index contributed by atoms with van der Waals surface area (Å²) in [5, 5.41) is 11.3. The lowest BCUT2D eigenvalue weighted by atomic mass is 10.3. The Kier molecular flexibility index (Phi) is 4.05. The molecule has 0 aliphatic heterocycles. The maximum atomic E-state index is 12.7. The summed E-state index contributed by atoms with van der Waals surface area (Å²) in [7, 11) is 1.52. The Balaban J connectivity index is 2.52. The summed E-state index contributed by atoms with van der Waals surface area (Å²) < 4.78 is 17.8. The lowest BCUT2D eigenvalue weighted by Crippen LogP contribution is -2.39. The van der Waals surface area contributed by atoms with Crippen LogP contribution in [0.2, 0.25) is 0 Å². The van der Waals surface area contributed by atoms with Gasteiger partial charge in [0.25, 0.3) is 0 Å². The molecule has 0 saturated carbocycles. The summed E-state index contributed by atoms with van der Waals surface area (Å²) in [6.45, 7) is -0.0463. The third kappa shape index (κ3) is 3.55. The number of aliphatic carboxylic acids is 1. The van der Waals surface area contributed by atoms with E-state index in [4.69, 9.17) is 9.84 Å². The topological polar surface area (TPSA) is 58.6 Å². The molecule has 5 heteroatoms. The Morgan fingerprint density at radius 2 is 2.40 bits per heavy atom. The highest BCUT2D eigenvalue weighted by Crippen LogP contribution is 2.11. The quantitative estimate of drug-likeness (QED) is 0.762. The van der Waals surface area contributed by atoms with Crippen LogP contribution in [-0.2, 0) is 4.79 Å². The number of carbonyl (C=O) groups is 1. The van der Waals surface area contributed by atoms with Crippen LogP contribution in [0, 0.1) is 5.82 Å². The van der Waals surface area contributed by atoms with E-state index in [0.717, 1.165) is 0 Å². The smallest absolute Gasteiger partial charge is 0.324 e. The van der Waals surface area contributed by atoms with E-state index in [1.807, 2.05) is 0 Å². The van der Waals surface area contributed by atoms with E-state index >= 15 is 0 Å². The normalized spacial score (nSPS) is 12.1. The first-order valence-corrected chi connectivity index (χ1v) is 4.42. The first-order valence-electron chi connectivity index (χ1n) is 4.42. The minimum Gasteiger partial charge on any atom is -0.491 e. The molecule has 0 aliphatic rings. The molecule has 0 bridgehead atoms. The van der Waals surface area contributed by atoms with Crippen molar-refractivity contribution in [3.8, 4) is 5.75 Å². The van der Waals surface area contributed by atoms with E-state index in [1.54, 1.807) is 6.07 Å². The van der Waals surface area contributed by atoms with Crippen LogP contribution < -0.4 is 10.1 Å². The Hall–Kier alpha value is -1.62. The molecule has 0 spiro atoms. The predicted octanol–water partition coefficient (Wildman–Crippen LogP) is 0.877. The summed E-state index contributed by atoms with van der Waals surface area (Å²) in [5.74, 6) is -1.10. The van der Waals surface area contributed by atoms with Gasteiger partial charge in [0, 0.05) is 6.07 Å². The average Bonchev–Trinajstić information content (AvgIpc) is 2.18. The molecular weight excluding hydrogens is 201 g/mol. The maximum absolute atomic E-state index is 12.7. The van der Waals surface area contributed by atoms with Crippen LogP contribution in [0.15, 0.2) is 24.3 Å². The summed E-state index contributed by atoms with van der Waals surface area (Å²) >= 11 is 0. The summed E-state index contributed by atoms with van der Waals surface area (Å²) in [5.41, 5.74) is 0. The van der Waals surface area contributed by atoms with Crippen molar-refractivity contribution in [1.82, 2.24) is 5.32 Å². The Morgan fingerprint density at radius 3 is 2.93 bits per heavy atom. The highest BCUT2D eigenvalue weighted by molar-refractivity contribution is 5.73. The van der Waals surface area contributed by atoms with Crippen molar-refractivity contribution in [3.63, 3.8) is 0 Å². The van der Waals surface area contributed by atoms with Crippen molar-refractivity contribution in [1.29, 1.82) is 0 Å². The van der Waals surface area contributed by atoms with Crippen molar-refractivity contribution in [2.75, 3.05) is 13.7 Å². The van der Waals surface area contributed by atoms with Crippen molar-refractivity contribution >= 4 is 5.97 Å². The van der Waals surface area contributed by atoms with E-state index in [-0.39, 0.29) is 6.61 Å². The van der Waals surface area contributed by atoms with Crippen LogP contribution in [0.5, 0.6) is 5.75 Å². The van der Waals surface area contributed by atoms with E-state index in [2.05, 4.69) is 5.32 Å². The van der Waals surface area contributed by atoms with E-state index < -0.39 is 17.8 Å². The number of benzene rings is 1. The number of halogens is 1. The number of nitrogens with one attached hydrogen (secondary N) is 1. The molecule has 82 valence electrons. The Bertz CT molecular complexity index is 343. The molecule has 1 aromatic rings. The standard InChI is InChI=1S/C10H12FNO3/c1-12-9(10(13)14)6-15-8-4-2-3-7(11)5-8/h2-5,9,12H,6H2,1H3,(H,13,14). The Labute approximate surface area is 86.7 Å². The minimum atomic E-state index is -1.01. The van der Waals surface area contributed by atoms with Crippen LogP contribution in [0.1, 0.15) is 0 Å².